The van der Waals surface area contributed by atoms with Gasteiger partial charge in [-0.15, -0.1) is 0 Å². The second-order valence-electron chi connectivity index (χ2n) is 9.81. The highest BCUT2D eigenvalue weighted by Crippen LogP contribution is 2.30. The number of aliphatic carboxylic acids is 1. The summed E-state index contributed by atoms with van der Waals surface area (Å²) in [6.07, 6.45) is 0.0515. The number of carbonyl (C=O) groups is 3. The van der Waals surface area contributed by atoms with E-state index in [1.54, 1.807) is 41.5 Å². The zero-order valence-electron chi connectivity index (χ0n) is 19.2. The topological polar surface area (TPSA) is 105 Å². The Morgan fingerprint density at radius 1 is 1.03 bits per heavy atom. The molecule has 1 aromatic rings. The Morgan fingerprint density at radius 3 is 2.13 bits per heavy atom. The number of alkyl carbamates (subject to hydrolysis) is 1. The van der Waals surface area contributed by atoms with Crippen molar-refractivity contribution < 1.29 is 29.0 Å². The minimum Gasteiger partial charge on any atom is -0.480 e. The normalized spacial score (nSPS) is 20.7. The van der Waals surface area contributed by atoms with Crippen LogP contribution in [0.2, 0.25) is 0 Å². The molecule has 1 aromatic carbocycles. The van der Waals surface area contributed by atoms with Crippen molar-refractivity contribution >= 4 is 18.0 Å². The summed E-state index contributed by atoms with van der Waals surface area (Å²) in [4.78, 5) is 39.1. The van der Waals surface area contributed by atoms with Crippen LogP contribution in [0.25, 0.3) is 0 Å². The summed E-state index contributed by atoms with van der Waals surface area (Å²) in [7, 11) is 0. The summed E-state index contributed by atoms with van der Waals surface area (Å²) in [5.74, 6) is -1.58. The molecule has 0 aromatic heterocycles. The zero-order valence-corrected chi connectivity index (χ0v) is 19.2. The third kappa shape index (κ3) is 7.54. The number of ether oxygens (including phenoxy) is 2. The molecule has 172 valence electrons. The van der Waals surface area contributed by atoms with Gasteiger partial charge in [0.2, 0.25) is 0 Å². The van der Waals surface area contributed by atoms with E-state index in [-0.39, 0.29) is 0 Å². The van der Waals surface area contributed by atoms with Crippen LogP contribution in [0, 0.1) is 0 Å². The molecule has 1 fully saturated rings. The first-order valence-corrected chi connectivity index (χ1v) is 10.5. The highest BCUT2D eigenvalue weighted by molar-refractivity contribution is 5.82. The number of hydrogen-bond acceptors (Lipinski definition) is 6. The van der Waals surface area contributed by atoms with E-state index in [2.05, 4.69) is 5.32 Å². The van der Waals surface area contributed by atoms with Crippen LogP contribution in [0.15, 0.2) is 30.3 Å². The molecule has 1 amide bonds. The van der Waals surface area contributed by atoms with Crippen molar-refractivity contribution in [1.82, 2.24) is 10.2 Å². The highest BCUT2D eigenvalue weighted by Gasteiger charge is 2.46. The van der Waals surface area contributed by atoms with Crippen molar-refractivity contribution in [2.45, 2.75) is 90.3 Å². The smallest absolute Gasteiger partial charge is 0.408 e. The van der Waals surface area contributed by atoms with E-state index in [1.807, 2.05) is 35.2 Å². The second-order valence-corrected chi connectivity index (χ2v) is 9.81. The fraction of sp³-hybridized carbons (Fsp3) is 0.609. The molecule has 0 radical (unpaired) electrons. The van der Waals surface area contributed by atoms with E-state index in [9.17, 15) is 19.5 Å². The number of benzene rings is 1. The summed E-state index contributed by atoms with van der Waals surface area (Å²) in [5.41, 5.74) is -0.482. The SMILES string of the molecule is CC(C)(C)OC(=O)N[C@H](C(=O)O)[C@@H]1CC[C@@H](C(=O)OC(C)(C)C)N1Cc1ccccc1. The molecule has 8 heteroatoms. The first kappa shape index (κ1) is 24.7. The van der Waals surface area contributed by atoms with Crippen molar-refractivity contribution in [2.75, 3.05) is 0 Å². The van der Waals surface area contributed by atoms with Gasteiger partial charge in [0.25, 0.3) is 0 Å². The molecular formula is C23H34N2O6. The molecule has 0 spiro atoms. The van der Waals surface area contributed by atoms with Gasteiger partial charge in [-0.3, -0.25) is 9.69 Å². The molecule has 1 aliphatic heterocycles. The number of amides is 1. The average molecular weight is 435 g/mol. The first-order chi connectivity index (χ1) is 14.3. The van der Waals surface area contributed by atoms with E-state index >= 15 is 0 Å². The molecule has 2 rings (SSSR count). The number of esters is 1. The molecule has 31 heavy (non-hydrogen) atoms. The minimum absolute atomic E-state index is 0.356. The van der Waals surface area contributed by atoms with Gasteiger partial charge < -0.3 is 19.9 Å². The van der Waals surface area contributed by atoms with Gasteiger partial charge in [0, 0.05) is 12.6 Å². The molecule has 0 saturated carbocycles. The monoisotopic (exact) mass is 434 g/mol. The van der Waals surface area contributed by atoms with Crippen molar-refractivity contribution in [3.05, 3.63) is 35.9 Å². The lowest BCUT2D eigenvalue weighted by Crippen LogP contribution is -2.56. The predicted molar refractivity (Wildman–Crippen MR) is 115 cm³/mol. The van der Waals surface area contributed by atoms with Crippen LogP contribution in [0.5, 0.6) is 0 Å². The van der Waals surface area contributed by atoms with Crippen LogP contribution in [0.4, 0.5) is 4.79 Å². The van der Waals surface area contributed by atoms with Gasteiger partial charge in [0.05, 0.1) is 0 Å². The summed E-state index contributed by atoms with van der Waals surface area (Å²) in [6, 6.07) is 7.06. The number of carboxylic acids is 1. The molecule has 2 N–H and O–H groups in total. The molecule has 0 bridgehead atoms. The highest BCUT2D eigenvalue weighted by atomic mass is 16.6. The minimum atomic E-state index is -1.23. The number of rotatable bonds is 6. The standard InChI is InChI=1S/C23H34N2O6/c1-22(2,3)30-20(28)17-13-12-16(25(17)14-15-10-8-7-9-11-15)18(19(26)27)24-21(29)31-23(4,5)6/h7-11,16-18H,12-14H2,1-6H3,(H,24,29)(H,26,27)/t16-,17-,18-/m0/s1. The summed E-state index contributed by atoms with van der Waals surface area (Å²) < 4.78 is 10.8. The quantitative estimate of drug-likeness (QED) is 0.662. The number of likely N-dealkylation sites (tertiary alicyclic amines) is 1. The van der Waals surface area contributed by atoms with Crippen molar-refractivity contribution in [3.8, 4) is 0 Å². The number of nitrogens with one attached hydrogen (secondary N) is 1. The van der Waals surface area contributed by atoms with Gasteiger partial charge >= 0.3 is 18.0 Å². The molecule has 1 heterocycles. The first-order valence-electron chi connectivity index (χ1n) is 10.5. The second kappa shape index (κ2) is 9.68. The summed E-state index contributed by atoms with van der Waals surface area (Å²) in [5, 5.41) is 12.3. The van der Waals surface area contributed by atoms with Gasteiger partial charge in [-0.25, -0.2) is 9.59 Å². The molecule has 0 aliphatic carbocycles. The number of nitrogens with zero attached hydrogens (tertiary/aromatic N) is 1. The number of hydrogen-bond donors (Lipinski definition) is 2. The van der Waals surface area contributed by atoms with E-state index in [1.165, 1.54) is 0 Å². The lowest BCUT2D eigenvalue weighted by molar-refractivity contribution is -0.162. The maximum Gasteiger partial charge on any atom is 0.408 e. The van der Waals surface area contributed by atoms with Crippen molar-refractivity contribution in [1.29, 1.82) is 0 Å². The van der Waals surface area contributed by atoms with Crippen LogP contribution in [0.1, 0.15) is 59.9 Å². The van der Waals surface area contributed by atoms with E-state index in [4.69, 9.17) is 9.47 Å². The molecular weight excluding hydrogens is 400 g/mol. The van der Waals surface area contributed by atoms with Gasteiger partial charge in [-0.1, -0.05) is 30.3 Å². The zero-order chi connectivity index (χ0) is 23.4. The Morgan fingerprint density at radius 2 is 1.61 bits per heavy atom. The molecule has 1 saturated heterocycles. The van der Waals surface area contributed by atoms with E-state index < -0.39 is 47.4 Å². The Balaban J connectivity index is 2.29. The molecule has 3 atom stereocenters. The number of carboxylic acid groups (broad SMARTS) is 1. The summed E-state index contributed by atoms with van der Waals surface area (Å²) in [6.45, 7) is 10.9. The lowest BCUT2D eigenvalue weighted by atomic mass is 10.1. The van der Waals surface area contributed by atoms with Crippen LogP contribution >= 0.6 is 0 Å². The third-order valence-corrected chi connectivity index (χ3v) is 4.77. The van der Waals surface area contributed by atoms with Crippen LogP contribution in [-0.4, -0.2) is 57.4 Å². The fourth-order valence-electron chi connectivity index (χ4n) is 3.65. The molecule has 0 unspecified atom stereocenters. The van der Waals surface area contributed by atoms with E-state index in [0.717, 1.165) is 5.56 Å². The Labute approximate surface area is 183 Å². The van der Waals surface area contributed by atoms with Gasteiger partial charge in [-0.2, -0.15) is 0 Å². The Bertz CT molecular complexity index is 781. The van der Waals surface area contributed by atoms with E-state index in [0.29, 0.717) is 19.4 Å². The lowest BCUT2D eigenvalue weighted by Gasteiger charge is -2.34. The predicted octanol–water partition coefficient (Wildman–Crippen LogP) is 3.34. The fourth-order valence-corrected chi connectivity index (χ4v) is 3.65. The van der Waals surface area contributed by atoms with Gasteiger partial charge in [-0.05, 0) is 59.9 Å². The van der Waals surface area contributed by atoms with Crippen LogP contribution in [0.3, 0.4) is 0 Å². The largest absolute Gasteiger partial charge is 0.480 e. The molecule has 8 nitrogen and oxygen atoms in total. The Kier molecular flexibility index (Phi) is 7.70. The third-order valence-electron chi connectivity index (χ3n) is 4.77. The maximum absolute atomic E-state index is 12.9. The maximum atomic E-state index is 12.9. The molecule has 1 aliphatic rings. The number of carbonyl (C=O) groups excluding carboxylic acids is 2. The van der Waals surface area contributed by atoms with Gasteiger partial charge in [0.1, 0.15) is 23.3 Å². The van der Waals surface area contributed by atoms with Crippen LogP contribution in [-0.2, 0) is 25.6 Å². The van der Waals surface area contributed by atoms with Crippen molar-refractivity contribution in [2.24, 2.45) is 0 Å². The van der Waals surface area contributed by atoms with Gasteiger partial charge in [0.15, 0.2) is 0 Å². The summed E-state index contributed by atoms with van der Waals surface area (Å²) >= 11 is 0. The van der Waals surface area contributed by atoms with Crippen molar-refractivity contribution in [3.63, 3.8) is 0 Å². The Hall–Kier alpha value is -2.61. The van der Waals surface area contributed by atoms with Crippen LogP contribution < -0.4 is 5.32 Å². The average Bonchev–Trinajstić information content (AvgIpc) is 3.00.